The highest BCUT2D eigenvalue weighted by molar-refractivity contribution is 6.02. The average Bonchev–Trinajstić information content (AvgIpc) is 3.15. The van der Waals surface area contributed by atoms with Crippen LogP contribution >= 0.6 is 0 Å². The van der Waals surface area contributed by atoms with Crippen molar-refractivity contribution in [2.75, 3.05) is 25.5 Å². The van der Waals surface area contributed by atoms with Gasteiger partial charge in [-0.1, -0.05) is 17.3 Å². The number of hydroxylamine groups is 2. The van der Waals surface area contributed by atoms with Crippen LogP contribution in [0.1, 0.15) is 24.8 Å². The van der Waals surface area contributed by atoms with Gasteiger partial charge in [0.2, 0.25) is 0 Å². The minimum Gasteiger partial charge on any atom is -0.497 e. The van der Waals surface area contributed by atoms with E-state index in [1.807, 2.05) is 24.3 Å². The van der Waals surface area contributed by atoms with E-state index in [1.54, 1.807) is 12.2 Å². The van der Waals surface area contributed by atoms with Crippen molar-refractivity contribution < 1.29 is 23.6 Å². The molecule has 2 aromatic rings. The molecule has 1 saturated heterocycles. The summed E-state index contributed by atoms with van der Waals surface area (Å²) in [5.41, 5.74) is 1.98. The van der Waals surface area contributed by atoms with Gasteiger partial charge in [-0.2, -0.15) is 0 Å². The molecule has 8 heteroatoms. The molecule has 2 aliphatic heterocycles. The van der Waals surface area contributed by atoms with Gasteiger partial charge in [0.25, 0.3) is 0 Å². The number of nitrogens with one attached hydrogen (secondary N) is 1. The highest BCUT2D eigenvalue weighted by Gasteiger charge is 2.43. The zero-order valence-corrected chi connectivity index (χ0v) is 16.1. The lowest BCUT2D eigenvalue weighted by Crippen LogP contribution is -2.45. The van der Waals surface area contributed by atoms with Crippen LogP contribution in [0, 0.1) is 5.82 Å². The molecule has 0 atom stereocenters. The fourth-order valence-electron chi connectivity index (χ4n) is 3.52. The number of halogens is 1. The molecule has 0 radical (unpaired) electrons. The van der Waals surface area contributed by atoms with Gasteiger partial charge in [-0.05, 0) is 36.4 Å². The quantitative estimate of drug-likeness (QED) is 0.843. The van der Waals surface area contributed by atoms with Crippen LogP contribution in [0.2, 0.25) is 0 Å². The van der Waals surface area contributed by atoms with E-state index in [-0.39, 0.29) is 11.4 Å². The second-order valence-electron chi connectivity index (χ2n) is 7.16. The molecule has 1 N–H and O–H groups in total. The van der Waals surface area contributed by atoms with Gasteiger partial charge in [0.15, 0.2) is 0 Å². The maximum absolute atomic E-state index is 12.9. The fraction of sp³-hybridized carbons (Fsp3) is 0.333. The molecule has 0 bridgehead atoms. The number of rotatable bonds is 4. The number of amides is 1. The Kier molecular flexibility index (Phi) is 5.35. The summed E-state index contributed by atoms with van der Waals surface area (Å²) in [5, 5.41) is 8.49. The highest BCUT2D eigenvalue weighted by atomic mass is 19.1. The van der Waals surface area contributed by atoms with E-state index in [4.69, 9.17) is 14.4 Å². The summed E-state index contributed by atoms with van der Waals surface area (Å²) in [5.74, 6) is 0.416. The molecule has 4 rings (SSSR count). The number of anilines is 1. The van der Waals surface area contributed by atoms with Gasteiger partial charge >= 0.3 is 6.09 Å². The molecule has 29 heavy (non-hydrogen) atoms. The molecule has 1 spiro atoms. The van der Waals surface area contributed by atoms with Crippen LogP contribution in [-0.2, 0) is 9.68 Å². The summed E-state index contributed by atoms with van der Waals surface area (Å²) >= 11 is 0. The molecule has 152 valence electrons. The minimum absolute atomic E-state index is 0.364. The van der Waals surface area contributed by atoms with Crippen LogP contribution in [0.4, 0.5) is 14.9 Å². The summed E-state index contributed by atoms with van der Waals surface area (Å²) in [4.78, 5) is 23.2. The Morgan fingerprint density at radius 1 is 1.21 bits per heavy atom. The third-order valence-corrected chi connectivity index (χ3v) is 5.18. The molecule has 0 unspecified atom stereocenters. The smallest absolute Gasteiger partial charge is 0.430 e. The predicted octanol–water partition coefficient (Wildman–Crippen LogP) is 3.96. The fourth-order valence-corrected chi connectivity index (χ4v) is 3.52. The minimum atomic E-state index is -0.604. The lowest BCUT2D eigenvalue weighted by molar-refractivity contribution is -0.154. The molecule has 0 aromatic heterocycles. The standard InChI is InChI=1S/C21H22FN3O4/c1-27-18-4-2-3-15(13-18)19-14-21(29-24-19)9-11-25(12-10-21)28-20(26)23-17-7-5-16(22)6-8-17/h2-8,13H,9-12,14H2,1H3,(H,23,26). The maximum atomic E-state index is 12.9. The number of methoxy groups -OCH3 is 1. The Hall–Kier alpha value is -3.13. The second kappa shape index (κ2) is 8.08. The normalized spacial score (nSPS) is 18.1. The number of hydrogen-bond donors (Lipinski definition) is 1. The first-order chi connectivity index (χ1) is 14.0. The number of carbonyl (C=O) groups is 1. The van der Waals surface area contributed by atoms with E-state index in [0.29, 0.717) is 38.0 Å². The van der Waals surface area contributed by atoms with Crippen LogP contribution in [0.15, 0.2) is 53.7 Å². The molecule has 0 saturated carbocycles. The van der Waals surface area contributed by atoms with Gasteiger partial charge in [-0.3, -0.25) is 5.32 Å². The number of nitrogens with zero attached hydrogens (tertiary/aromatic N) is 2. The van der Waals surface area contributed by atoms with Crippen molar-refractivity contribution in [2.24, 2.45) is 5.16 Å². The largest absolute Gasteiger partial charge is 0.497 e. The molecular formula is C21H22FN3O4. The Morgan fingerprint density at radius 2 is 1.97 bits per heavy atom. The van der Waals surface area contributed by atoms with E-state index in [1.165, 1.54) is 24.3 Å². The van der Waals surface area contributed by atoms with E-state index >= 15 is 0 Å². The van der Waals surface area contributed by atoms with Crippen LogP contribution in [0.5, 0.6) is 5.75 Å². The van der Waals surface area contributed by atoms with Gasteiger partial charge in [-0.15, -0.1) is 5.06 Å². The van der Waals surface area contributed by atoms with E-state index < -0.39 is 6.09 Å². The molecule has 2 heterocycles. The zero-order valence-electron chi connectivity index (χ0n) is 16.1. The van der Waals surface area contributed by atoms with Crippen molar-refractivity contribution in [1.82, 2.24) is 5.06 Å². The van der Waals surface area contributed by atoms with Gasteiger partial charge in [0.05, 0.1) is 12.8 Å². The maximum Gasteiger partial charge on any atom is 0.430 e. The summed E-state index contributed by atoms with van der Waals surface area (Å²) < 4.78 is 18.2. The van der Waals surface area contributed by atoms with Crippen molar-refractivity contribution in [3.05, 3.63) is 59.9 Å². The summed E-state index contributed by atoms with van der Waals surface area (Å²) in [7, 11) is 1.63. The Balaban J connectivity index is 1.28. The topological polar surface area (TPSA) is 72.4 Å². The lowest BCUT2D eigenvalue weighted by atomic mass is 9.86. The molecule has 1 fully saturated rings. The molecule has 1 amide bonds. The Morgan fingerprint density at radius 3 is 2.69 bits per heavy atom. The average molecular weight is 399 g/mol. The highest BCUT2D eigenvalue weighted by Crippen LogP contribution is 2.36. The van der Waals surface area contributed by atoms with E-state index in [0.717, 1.165) is 17.0 Å². The van der Waals surface area contributed by atoms with Gasteiger partial charge < -0.3 is 14.4 Å². The third kappa shape index (κ3) is 4.48. The van der Waals surface area contributed by atoms with Gasteiger partial charge in [-0.25, -0.2) is 9.18 Å². The first-order valence-electron chi connectivity index (χ1n) is 9.44. The predicted molar refractivity (Wildman–Crippen MR) is 105 cm³/mol. The lowest BCUT2D eigenvalue weighted by Gasteiger charge is -2.35. The molecular weight excluding hydrogens is 377 g/mol. The van der Waals surface area contributed by atoms with Crippen LogP contribution in [0.3, 0.4) is 0 Å². The number of hydrogen-bond acceptors (Lipinski definition) is 6. The van der Waals surface area contributed by atoms with Crippen LogP contribution in [-0.4, -0.2) is 42.7 Å². The Bertz CT molecular complexity index is 908. The third-order valence-electron chi connectivity index (χ3n) is 5.18. The van der Waals surface area contributed by atoms with Crippen molar-refractivity contribution >= 4 is 17.5 Å². The van der Waals surface area contributed by atoms with Gasteiger partial charge in [0.1, 0.15) is 17.2 Å². The van der Waals surface area contributed by atoms with Crippen LogP contribution in [0.25, 0.3) is 0 Å². The molecule has 7 nitrogen and oxygen atoms in total. The molecule has 2 aliphatic rings. The number of piperidine rings is 1. The van der Waals surface area contributed by atoms with E-state index in [2.05, 4.69) is 10.5 Å². The van der Waals surface area contributed by atoms with Crippen molar-refractivity contribution in [3.63, 3.8) is 0 Å². The first kappa shape index (κ1) is 19.2. The SMILES string of the molecule is COc1cccc(C2=NOC3(CCN(OC(=O)Nc4ccc(F)cc4)CC3)C2)c1. The zero-order chi connectivity index (χ0) is 20.3. The molecule has 2 aromatic carbocycles. The number of oxime groups is 1. The van der Waals surface area contributed by atoms with E-state index in [9.17, 15) is 9.18 Å². The summed E-state index contributed by atoms with van der Waals surface area (Å²) in [6.45, 7) is 1.08. The van der Waals surface area contributed by atoms with Crippen molar-refractivity contribution in [3.8, 4) is 5.75 Å². The van der Waals surface area contributed by atoms with Crippen LogP contribution < -0.4 is 10.1 Å². The second-order valence-corrected chi connectivity index (χ2v) is 7.16. The first-order valence-corrected chi connectivity index (χ1v) is 9.44. The Labute approximate surface area is 168 Å². The van der Waals surface area contributed by atoms with Gasteiger partial charge in [0, 0.05) is 43.6 Å². The van der Waals surface area contributed by atoms with Crippen molar-refractivity contribution in [1.29, 1.82) is 0 Å². The monoisotopic (exact) mass is 399 g/mol. The summed E-state index contributed by atoms with van der Waals surface area (Å²) in [6, 6.07) is 13.3. The number of benzene rings is 2. The van der Waals surface area contributed by atoms with Crippen molar-refractivity contribution in [2.45, 2.75) is 24.9 Å². The summed E-state index contributed by atoms with van der Waals surface area (Å²) in [6.07, 6.45) is 1.48. The molecule has 0 aliphatic carbocycles. The number of ether oxygens (including phenoxy) is 1. The number of carbonyl (C=O) groups excluding carboxylic acids is 1.